The summed E-state index contributed by atoms with van der Waals surface area (Å²) in [5, 5.41) is 0.598. The van der Waals surface area contributed by atoms with Gasteiger partial charge in [-0.05, 0) is 25.1 Å². The Bertz CT molecular complexity index is 1190. The number of nitrogens with one attached hydrogen (secondary N) is 1. The summed E-state index contributed by atoms with van der Waals surface area (Å²) in [6, 6.07) is 7.69. The Hall–Kier alpha value is -3.14. The number of anilines is 1. The number of furan rings is 1. The lowest BCUT2D eigenvalue weighted by molar-refractivity contribution is 0.0956. The van der Waals surface area contributed by atoms with E-state index in [0.29, 0.717) is 23.1 Å². The predicted molar refractivity (Wildman–Crippen MR) is 103 cm³/mol. The largest absolute Gasteiger partial charge is 0.492 e. The SMILES string of the molecule is CCOc1cc(F)c(F)cc1S(=O)(=O)NC(=O)c1cc2ccc(N(C)C)cc2o1. The van der Waals surface area contributed by atoms with Gasteiger partial charge < -0.3 is 14.1 Å². The van der Waals surface area contributed by atoms with Crippen LogP contribution < -0.4 is 14.4 Å². The number of hydrogen-bond donors (Lipinski definition) is 1. The van der Waals surface area contributed by atoms with Crippen LogP contribution in [0.1, 0.15) is 17.5 Å². The van der Waals surface area contributed by atoms with E-state index in [1.165, 1.54) is 6.07 Å². The molecule has 1 amide bonds. The smallest absolute Gasteiger partial charge is 0.300 e. The van der Waals surface area contributed by atoms with E-state index in [2.05, 4.69) is 0 Å². The van der Waals surface area contributed by atoms with Crippen molar-refractivity contribution in [2.24, 2.45) is 0 Å². The van der Waals surface area contributed by atoms with Crippen LogP contribution in [0.25, 0.3) is 11.0 Å². The fourth-order valence-corrected chi connectivity index (χ4v) is 3.72. The highest BCUT2D eigenvalue weighted by Gasteiger charge is 2.27. The zero-order chi connectivity index (χ0) is 21.3. The molecule has 7 nitrogen and oxygen atoms in total. The molecule has 1 aromatic heterocycles. The van der Waals surface area contributed by atoms with E-state index in [-0.39, 0.29) is 12.4 Å². The Balaban J connectivity index is 1.94. The normalized spacial score (nSPS) is 11.5. The summed E-state index contributed by atoms with van der Waals surface area (Å²) >= 11 is 0. The molecule has 0 aliphatic carbocycles. The molecule has 154 valence electrons. The fraction of sp³-hybridized carbons (Fsp3) is 0.211. The number of sulfonamides is 1. The number of hydrogen-bond acceptors (Lipinski definition) is 6. The molecule has 0 aliphatic heterocycles. The van der Waals surface area contributed by atoms with Gasteiger partial charge in [0.05, 0.1) is 6.61 Å². The van der Waals surface area contributed by atoms with Crippen LogP contribution in [0.3, 0.4) is 0 Å². The summed E-state index contributed by atoms with van der Waals surface area (Å²) in [4.78, 5) is 13.6. The molecule has 3 rings (SSSR count). The quantitative estimate of drug-likeness (QED) is 0.653. The third kappa shape index (κ3) is 4.16. The molecule has 1 N–H and O–H groups in total. The summed E-state index contributed by atoms with van der Waals surface area (Å²) < 4.78 is 64.5. The average Bonchev–Trinajstić information content (AvgIpc) is 3.07. The molecule has 2 aromatic carbocycles. The fourth-order valence-electron chi connectivity index (χ4n) is 2.63. The van der Waals surface area contributed by atoms with Gasteiger partial charge in [0, 0.05) is 43.4 Å². The van der Waals surface area contributed by atoms with Gasteiger partial charge >= 0.3 is 5.91 Å². The van der Waals surface area contributed by atoms with Gasteiger partial charge in [-0.3, -0.25) is 4.79 Å². The lowest BCUT2D eigenvalue weighted by Crippen LogP contribution is -2.30. The second-order valence-corrected chi connectivity index (χ2v) is 7.96. The molecular formula is C19H18F2N2O5S. The van der Waals surface area contributed by atoms with E-state index in [4.69, 9.17) is 9.15 Å². The van der Waals surface area contributed by atoms with Crippen molar-refractivity contribution >= 4 is 32.6 Å². The average molecular weight is 424 g/mol. The summed E-state index contributed by atoms with van der Waals surface area (Å²) in [5.41, 5.74) is 1.22. The van der Waals surface area contributed by atoms with Crippen LogP contribution in [0.2, 0.25) is 0 Å². The second kappa shape index (κ2) is 7.70. The number of carbonyl (C=O) groups is 1. The minimum absolute atomic E-state index is 0.0132. The maximum absolute atomic E-state index is 13.6. The van der Waals surface area contributed by atoms with Crippen LogP contribution in [-0.2, 0) is 10.0 Å². The van der Waals surface area contributed by atoms with E-state index in [9.17, 15) is 22.0 Å². The Kier molecular flexibility index (Phi) is 5.47. The van der Waals surface area contributed by atoms with Crippen molar-refractivity contribution < 1.29 is 31.1 Å². The first-order chi connectivity index (χ1) is 13.6. The van der Waals surface area contributed by atoms with E-state index in [1.54, 1.807) is 23.8 Å². The molecule has 29 heavy (non-hydrogen) atoms. The monoisotopic (exact) mass is 424 g/mol. The Morgan fingerprint density at radius 1 is 1.14 bits per heavy atom. The van der Waals surface area contributed by atoms with Gasteiger partial charge in [0.25, 0.3) is 10.0 Å². The molecule has 0 atom stereocenters. The van der Waals surface area contributed by atoms with Gasteiger partial charge in [0.1, 0.15) is 16.2 Å². The Morgan fingerprint density at radius 3 is 2.48 bits per heavy atom. The third-order valence-corrected chi connectivity index (χ3v) is 5.40. The molecule has 1 heterocycles. The van der Waals surface area contributed by atoms with E-state index in [0.717, 1.165) is 5.69 Å². The number of fused-ring (bicyclic) bond motifs is 1. The Labute approximate surface area is 165 Å². The molecule has 0 spiro atoms. The van der Waals surface area contributed by atoms with Gasteiger partial charge in [-0.2, -0.15) is 0 Å². The van der Waals surface area contributed by atoms with Crippen LogP contribution in [0.4, 0.5) is 14.5 Å². The summed E-state index contributed by atoms with van der Waals surface area (Å²) in [6.45, 7) is 1.56. The maximum Gasteiger partial charge on any atom is 0.300 e. The van der Waals surface area contributed by atoms with Gasteiger partial charge in [0.15, 0.2) is 17.4 Å². The highest BCUT2D eigenvalue weighted by Crippen LogP contribution is 2.28. The predicted octanol–water partition coefficient (Wildman–Crippen LogP) is 3.29. The number of rotatable bonds is 6. The first kappa shape index (κ1) is 20.6. The van der Waals surface area contributed by atoms with Gasteiger partial charge in [0.2, 0.25) is 0 Å². The van der Waals surface area contributed by atoms with Gasteiger partial charge in [-0.1, -0.05) is 0 Å². The van der Waals surface area contributed by atoms with Crippen LogP contribution >= 0.6 is 0 Å². The van der Waals surface area contributed by atoms with Crippen LogP contribution in [0, 0.1) is 11.6 Å². The first-order valence-electron chi connectivity index (χ1n) is 8.52. The lowest BCUT2D eigenvalue weighted by atomic mass is 10.2. The van der Waals surface area contributed by atoms with Crippen molar-refractivity contribution in [2.45, 2.75) is 11.8 Å². The van der Waals surface area contributed by atoms with Crippen molar-refractivity contribution in [3.8, 4) is 5.75 Å². The number of ether oxygens (including phenoxy) is 1. The number of halogens is 2. The van der Waals surface area contributed by atoms with Crippen LogP contribution in [-0.4, -0.2) is 35.0 Å². The molecule has 0 unspecified atom stereocenters. The number of nitrogens with zero attached hydrogens (tertiary/aromatic N) is 1. The first-order valence-corrected chi connectivity index (χ1v) is 10.0. The van der Waals surface area contributed by atoms with Crippen LogP contribution in [0.15, 0.2) is 45.7 Å². The third-order valence-electron chi connectivity index (χ3n) is 4.05. The molecule has 0 saturated heterocycles. The Morgan fingerprint density at radius 2 is 1.83 bits per heavy atom. The molecule has 0 fully saturated rings. The standard InChI is InChI=1S/C19H18F2N2O5S/c1-4-27-16-9-13(20)14(21)10-18(16)29(25,26)22-19(24)17-7-11-5-6-12(23(2)3)8-15(11)28-17/h5-10H,4H2,1-3H3,(H,22,24). The molecule has 0 saturated carbocycles. The van der Waals surface area contributed by atoms with Crippen molar-refractivity contribution in [2.75, 3.05) is 25.6 Å². The molecular weight excluding hydrogens is 406 g/mol. The molecule has 0 radical (unpaired) electrons. The molecule has 0 bridgehead atoms. The maximum atomic E-state index is 13.6. The van der Waals surface area contributed by atoms with Gasteiger partial charge in [-0.15, -0.1) is 0 Å². The van der Waals surface area contributed by atoms with E-state index >= 15 is 0 Å². The summed E-state index contributed by atoms with van der Waals surface area (Å²) in [7, 11) is -0.887. The minimum atomic E-state index is -4.56. The zero-order valence-corrected chi connectivity index (χ0v) is 16.6. The molecule has 3 aromatic rings. The summed E-state index contributed by atoms with van der Waals surface area (Å²) in [5.74, 6) is -4.37. The minimum Gasteiger partial charge on any atom is -0.492 e. The topological polar surface area (TPSA) is 88.8 Å². The highest BCUT2D eigenvalue weighted by molar-refractivity contribution is 7.90. The number of carbonyl (C=O) groups excluding carboxylic acids is 1. The van der Waals surface area contributed by atoms with Crippen LogP contribution in [0.5, 0.6) is 5.75 Å². The summed E-state index contributed by atoms with van der Waals surface area (Å²) in [6.07, 6.45) is 0. The second-order valence-electron chi connectivity index (χ2n) is 6.31. The number of amides is 1. The van der Waals surface area contributed by atoms with Crippen molar-refractivity contribution in [1.82, 2.24) is 4.72 Å². The lowest BCUT2D eigenvalue weighted by Gasteiger charge is -2.12. The van der Waals surface area contributed by atoms with Gasteiger partial charge in [-0.25, -0.2) is 21.9 Å². The van der Waals surface area contributed by atoms with Crippen molar-refractivity contribution in [3.05, 3.63) is 53.8 Å². The van der Waals surface area contributed by atoms with Crippen molar-refractivity contribution in [3.63, 3.8) is 0 Å². The van der Waals surface area contributed by atoms with Crippen molar-refractivity contribution in [1.29, 1.82) is 0 Å². The zero-order valence-electron chi connectivity index (χ0n) is 15.8. The molecule has 10 heteroatoms. The highest BCUT2D eigenvalue weighted by atomic mass is 32.2. The van der Waals surface area contributed by atoms with E-state index < -0.39 is 38.2 Å². The number of benzene rings is 2. The molecule has 0 aliphatic rings. The van der Waals surface area contributed by atoms with E-state index in [1.807, 2.05) is 25.1 Å².